The van der Waals surface area contributed by atoms with Crippen LogP contribution >= 0.6 is 0 Å². The first kappa shape index (κ1) is 19.6. The Morgan fingerprint density at radius 2 is 2.07 bits per heavy atom. The van der Waals surface area contributed by atoms with Crippen LogP contribution in [0.1, 0.15) is 50.1 Å². The number of carbonyl (C=O) groups excluding carboxylic acids is 1. The minimum absolute atomic E-state index is 0.0894. The Labute approximate surface area is 173 Å². The maximum Gasteiger partial charge on any atom is 0.224 e. The monoisotopic (exact) mass is 390 g/mol. The highest BCUT2D eigenvalue weighted by molar-refractivity contribution is 5.94. The number of benzene rings is 1. The van der Waals surface area contributed by atoms with Crippen molar-refractivity contribution in [3.8, 4) is 0 Å². The molecule has 2 aliphatic rings. The first-order chi connectivity index (χ1) is 14.0. The molecule has 0 bridgehead atoms. The van der Waals surface area contributed by atoms with Crippen LogP contribution in [0.2, 0.25) is 0 Å². The molecular formula is C24H30N4O. The number of carbonyl (C=O) groups is 1. The molecule has 29 heavy (non-hydrogen) atoms. The lowest BCUT2D eigenvalue weighted by molar-refractivity contribution is -0.117. The van der Waals surface area contributed by atoms with E-state index in [-0.39, 0.29) is 23.9 Å². The molecule has 152 valence electrons. The Morgan fingerprint density at radius 1 is 1.24 bits per heavy atom. The lowest BCUT2D eigenvalue weighted by atomic mass is 9.81. The molecule has 0 spiro atoms. The van der Waals surface area contributed by atoms with Crippen LogP contribution in [0, 0.1) is 12.8 Å². The van der Waals surface area contributed by atoms with E-state index in [4.69, 9.17) is 0 Å². The van der Waals surface area contributed by atoms with Crippen LogP contribution < -0.4 is 15.5 Å². The van der Waals surface area contributed by atoms with E-state index in [1.807, 2.05) is 30.0 Å². The smallest absolute Gasteiger partial charge is 0.224 e. The van der Waals surface area contributed by atoms with Gasteiger partial charge in [0.15, 0.2) is 0 Å². The predicted molar refractivity (Wildman–Crippen MR) is 119 cm³/mol. The van der Waals surface area contributed by atoms with Gasteiger partial charge in [-0.25, -0.2) is 4.98 Å². The fourth-order valence-corrected chi connectivity index (χ4v) is 4.57. The third-order valence-electron chi connectivity index (χ3n) is 6.28. The fourth-order valence-electron chi connectivity index (χ4n) is 4.57. The molecule has 3 heterocycles. The van der Waals surface area contributed by atoms with Gasteiger partial charge in [-0.15, -0.1) is 0 Å². The van der Waals surface area contributed by atoms with Gasteiger partial charge in [-0.05, 0) is 67.8 Å². The molecule has 4 rings (SSSR count). The zero-order valence-electron chi connectivity index (χ0n) is 17.7. The maximum absolute atomic E-state index is 12.5. The van der Waals surface area contributed by atoms with Gasteiger partial charge in [-0.3, -0.25) is 4.79 Å². The molecule has 1 aromatic carbocycles. The molecule has 0 radical (unpaired) electrons. The van der Waals surface area contributed by atoms with Gasteiger partial charge in [-0.2, -0.15) is 0 Å². The van der Waals surface area contributed by atoms with Crippen LogP contribution in [-0.4, -0.2) is 30.0 Å². The first-order valence-electron chi connectivity index (χ1n) is 10.5. The second-order valence-corrected chi connectivity index (χ2v) is 8.23. The summed E-state index contributed by atoms with van der Waals surface area (Å²) in [6, 6.07) is 12.8. The number of nitrogens with zero attached hydrogens (tertiary/aromatic N) is 2. The quantitative estimate of drug-likeness (QED) is 0.820. The fraction of sp³-hybridized carbons (Fsp3) is 0.417. The van der Waals surface area contributed by atoms with Gasteiger partial charge in [0.1, 0.15) is 5.82 Å². The molecule has 2 N–H and O–H groups in total. The number of aromatic nitrogens is 1. The second kappa shape index (κ2) is 7.99. The number of pyridine rings is 1. The van der Waals surface area contributed by atoms with E-state index < -0.39 is 0 Å². The maximum atomic E-state index is 12.5. The normalized spacial score (nSPS) is 23.9. The molecule has 5 nitrogen and oxygen atoms in total. The van der Waals surface area contributed by atoms with Crippen molar-refractivity contribution in [2.45, 2.75) is 46.2 Å². The number of hydrogen-bond acceptors (Lipinski definition) is 4. The van der Waals surface area contributed by atoms with Crippen molar-refractivity contribution in [3.63, 3.8) is 0 Å². The van der Waals surface area contributed by atoms with Crippen LogP contribution in [0.25, 0.3) is 5.57 Å². The van der Waals surface area contributed by atoms with Gasteiger partial charge in [-0.1, -0.05) is 25.1 Å². The highest BCUT2D eigenvalue weighted by Gasteiger charge is 2.38. The topological polar surface area (TPSA) is 57.3 Å². The SMILES string of the molecule is CC(=O)N1c2ccc(C3=CCNCC3)cc2C(Nc2cccc(C)n2)[C@@H](C)[C@@H]1C. The zero-order chi connectivity index (χ0) is 20.5. The highest BCUT2D eigenvalue weighted by Crippen LogP contribution is 2.43. The van der Waals surface area contributed by atoms with Gasteiger partial charge in [0.2, 0.25) is 5.91 Å². The third-order valence-corrected chi connectivity index (χ3v) is 6.28. The van der Waals surface area contributed by atoms with Crippen LogP contribution in [0.15, 0.2) is 42.5 Å². The number of anilines is 2. The summed E-state index contributed by atoms with van der Waals surface area (Å²) < 4.78 is 0. The Hall–Kier alpha value is -2.66. The summed E-state index contributed by atoms with van der Waals surface area (Å²) in [5, 5.41) is 7.05. The van der Waals surface area contributed by atoms with E-state index in [2.05, 4.69) is 53.7 Å². The third kappa shape index (κ3) is 3.79. The standard InChI is InChI=1S/C24H30N4O/c1-15-6-5-7-23(26-15)27-24-16(2)17(3)28(18(4)29)22-9-8-20(14-21(22)24)19-10-12-25-13-11-19/h5-10,14,16-17,24-25H,11-13H2,1-4H3,(H,26,27)/t16-,17-,24?/m0/s1. The minimum Gasteiger partial charge on any atom is -0.363 e. The summed E-state index contributed by atoms with van der Waals surface area (Å²) >= 11 is 0. The van der Waals surface area contributed by atoms with Crippen LogP contribution in [0.4, 0.5) is 11.5 Å². The predicted octanol–water partition coefficient (Wildman–Crippen LogP) is 4.31. The van der Waals surface area contributed by atoms with Crippen LogP contribution in [-0.2, 0) is 4.79 Å². The molecule has 2 aromatic rings. The van der Waals surface area contributed by atoms with E-state index in [0.29, 0.717) is 0 Å². The Morgan fingerprint density at radius 3 is 2.76 bits per heavy atom. The summed E-state index contributed by atoms with van der Waals surface area (Å²) in [4.78, 5) is 19.1. The molecule has 3 atom stereocenters. The Balaban J connectivity index is 1.80. The number of fused-ring (bicyclic) bond motifs is 1. The van der Waals surface area contributed by atoms with E-state index in [1.54, 1.807) is 6.92 Å². The van der Waals surface area contributed by atoms with Crippen molar-refractivity contribution in [3.05, 3.63) is 59.3 Å². The zero-order valence-corrected chi connectivity index (χ0v) is 17.7. The molecule has 2 aliphatic heterocycles. The van der Waals surface area contributed by atoms with Gasteiger partial charge >= 0.3 is 0 Å². The van der Waals surface area contributed by atoms with Crippen molar-refractivity contribution in [1.29, 1.82) is 0 Å². The molecular weight excluding hydrogens is 360 g/mol. The average Bonchev–Trinajstić information content (AvgIpc) is 2.72. The van der Waals surface area contributed by atoms with E-state index in [9.17, 15) is 4.79 Å². The largest absolute Gasteiger partial charge is 0.363 e. The molecule has 0 saturated carbocycles. The van der Waals surface area contributed by atoms with Gasteiger partial charge in [0.25, 0.3) is 0 Å². The van der Waals surface area contributed by atoms with Crippen molar-refractivity contribution in [2.75, 3.05) is 23.3 Å². The van der Waals surface area contributed by atoms with E-state index >= 15 is 0 Å². The number of hydrogen-bond donors (Lipinski definition) is 2. The summed E-state index contributed by atoms with van der Waals surface area (Å²) in [5.74, 6) is 1.21. The number of rotatable bonds is 3. The highest BCUT2D eigenvalue weighted by atomic mass is 16.2. The Bertz CT molecular complexity index is 952. The number of aryl methyl sites for hydroxylation is 1. The summed E-state index contributed by atoms with van der Waals surface area (Å²) in [7, 11) is 0. The average molecular weight is 391 g/mol. The summed E-state index contributed by atoms with van der Waals surface area (Å²) in [5.41, 5.74) is 5.79. The molecule has 0 saturated heterocycles. The van der Waals surface area contributed by atoms with Crippen LogP contribution in [0.3, 0.4) is 0 Å². The second-order valence-electron chi connectivity index (χ2n) is 8.23. The lowest BCUT2D eigenvalue weighted by Crippen LogP contribution is -2.48. The molecule has 1 unspecified atom stereocenters. The molecule has 1 aromatic heterocycles. The van der Waals surface area contributed by atoms with Crippen molar-refractivity contribution in [2.24, 2.45) is 5.92 Å². The van der Waals surface area contributed by atoms with Gasteiger partial charge < -0.3 is 15.5 Å². The number of amides is 1. The van der Waals surface area contributed by atoms with E-state index in [0.717, 1.165) is 36.7 Å². The lowest BCUT2D eigenvalue weighted by Gasteiger charge is -2.44. The first-order valence-corrected chi connectivity index (χ1v) is 10.5. The van der Waals surface area contributed by atoms with E-state index in [1.165, 1.54) is 16.7 Å². The summed E-state index contributed by atoms with van der Waals surface area (Å²) in [6.45, 7) is 9.93. The summed E-state index contributed by atoms with van der Waals surface area (Å²) in [6.07, 6.45) is 3.30. The van der Waals surface area contributed by atoms with Crippen molar-refractivity contribution >= 4 is 23.0 Å². The van der Waals surface area contributed by atoms with Gasteiger partial charge in [0, 0.05) is 36.8 Å². The molecule has 0 fully saturated rings. The molecule has 1 amide bonds. The van der Waals surface area contributed by atoms with Crippen molar-refractivity contribution < 1.29 is 4.79 Å². The number of nitrogens with one attached hydrogen (secondary N) is 2. The molecule has 5 heteroatoms. The van der Waals surface area contributed by atoms with Crippen LogP contribution in [0.5, 0.6) is 0 Å². The molecule has 0 aliphatic carbocycles. The van der Waals surface area contributed by atoms with Gasteiger partial charge in [0.05, 0.1) is 6.04 Å². The Kier molecular flexibility index (Phi) is 5.41. The van der Waals surface area contributed by atoms with Crippen molar-refractivity contribution in [1.82, 2.24) is 10.3 Å². The minimum atomic E-state index is 0.0894.